The molecule has 0 bridgehead atoms. The van der Waals surface area contributed by atoms with Gasteiger partial charge in [0.25, 0.3) is 0 Å². The summed E-state index contributed by atoms with van der Waals surface area (Å²) in [5.74, 6) is 2.23. The molecule has 1 aliphatic heterocycles. The van der Waals surface area contributed by atoms with Crippen LogP contribution in [0.1, 0.15) is 50.5 Å². The van der Waals surface area contributed by atoms with Crippen LogP contribution in [0.4, 0.5) is 5.69 Å². The standard InChI is InChI=1S/C16H21NO2/c1-2-15(18)17-13-8-5-9-14-16(13)12-7-4-3-6-11(12)10-19-14/h5,8-9,11-12H,2-4,6-7,10H2,1H3,(H,17,18). The zero-order chi connectivity index (χ0) is 13.2. The Bertz CT molecular complexity index is 484. The second-order valence-corrected chi connectivity index (χ2v) is 5.58. The van der Waals surface area contributed by atoms with Crippen molar-refractivity contribution in [1.29, 1.82) is 0 Å². The van der Waals surface area contributed by atoms with Gasteiger partial charge in [-0.05, 0) is 30.9 Å². The molecule has 0 aromatic heterocycles. The van der Waals surface area contributed by atoms with Crippen LogP contribution >= 0.6 is 0 Å². The summed E-state index contributed by atoms with van der Waals surface area (Å²) in [6, 6.07) is 6.00. The van der Waals surface area contributed by atoms with Crippen LogP contribution in [0.25, 0.3) is 0 Å². The second-order valence-electron chi connectivity index (χ2n) is 5.58. The summed E-state index contributed by atoms with van der Waals surface area (Å²) in [4.78, 5) is 11.7. The smallest absolute Gasteiger partial charge is 0.224 e. The first-order chi connectivity index (χ1) is 9.29. The fourth-order valence-corrected chi connectivity index (χ4v) is 3.38. The van der Waals surface area contributed by atoms with E-state index in [2.05, 4.69) is 5.32 Å². The molecular formula is C16H21NO2. The minimum atomic E-state index is 0.0753. The summed E-state index contributed by atoms with van der Waals surface area (Å²) in [5.41, 5.74) is 2.20. The molecule has 1 saturated carbocycles. The molecule has 3 nitrogen and oxygen atoms in total. The van der Waals surface area contributed by atoms with Crippen molar-refractivity contribution in [2.45, 2.75) is 44.9 Å². The van der Waals surface area contributed by atoms with Gasteiger partial charge in [0.15, 0.2) is 0 Å². The maximum atomic E-state index is 11.7. The number of nitrogens with one attached hydrogen (secondary N) is 1. The van der Waals surface area contributed by atoms with Gasteiger partial charge in [0.1, 0.15) is 5.75 Å². The number of benzene rings is 1. The summed E-state index contributed by atoms with van der Waals surface area (Å²) in [7, 11) is 0. The molecule has 1 aliphatic carbocycles. The third-order valence-corrected chi connectivity index (χ3v) is 4.39. The van der Waals surface area contributed by atoms with Gasteiger partial charge >= 0.3 is 0 Å². The molecule has 19 heavy (non-hydrogen) atoms. The number of carbonyl (C=O) groups is 1. The predicted molar refractivity (Wildman–Crippen MR) is 75.6 cm³/mol. The summed E-state index contributed by atoms with van der Waals surface area (Å²) in [5, 5.41) is 3.03. The van der Waals surface area contributed by atoms with Gasteiger partial charge in [0.2, 0.25) is 5.91 Å². The van der Waals surface area contributed by atoms with Gasteiger partial charge in [-0.25, -0.2) is 0 Å². The lowest BCUT2D eigenvalue weighted by molar-refractivity contribution is -0.115. The molecule has 1 aromatic rings. The van der Waals surface area contributed by atoms with Crippen LogP contribution < -0.4 is 10.1 Å². The van der Waals surface area contributed by atoms with E-state index in [1.165, 1.54) is 31.2 Å². The average molecular weight is 259 g/mol. The molecule has 1 aromatic carbocycles. The highest BCUT2D eigenvalue weighted by atomic mass is 16.5. The fraction of sp³-hybridized carbons (Fsp3) is 0.562. The lowest BCUT2D eigenvalue weighted by Gasteiger charge is -2.38. The number of hydrogen-bond acceptors (Lipinski definition) is 2. The minimum Gasteiger partial charge on any atom is -0.493 e. The van der Waals surface area contributed by atoms with Crippen molar-refractivity contribution in [3.8, 4) is 5.75 Å². The predicted octanol–water partition coefficient (Wildman–Crippen LogP) is 3.70. The summed E-state index contributed by atoms with van der Waals surface area (Å²) in [6.45, 7) is 2.72. The molecule has 2 atom stereocenters. The number of anilines is 1. The number of amides is 1. The molecule has 3 heteroatoms. The Hall–Kier alpha value is -1.51. The largest absolute Gasteiger partial charge is 0.493 e. The molecule has 3 rings (SSSR count). The Balaban J connectivity index is 1.96. The van der Waals surface area contributed by atoms with Crippen LogP contribution in [-0.4, -0.2) is 12.5 Å². The van der Waals surface area contributed by atoms with Gasteiger partial charge in [-0.1, -0.05) is 25.8 Å². The van der Waals surface area contributed by atoms with E-state index in [1.807, 2.05) is 25.1 Å². The van der Waals surface area contributed by atoms with Gasteiger partial charge in [-0.2, -0.15) is 0 Å². The number of carbonyl (C=O) groups excluding carboxylic acids is 1. The van der Waals surface area contributed by atoms with Crippen molar-refractivity contribution in [3.63, 3.8) is 0 Å². The van der Waals surface area contributed by atoms with E-state index in [0.717, 1.165) is 18.0 Å². The third-order valence-electron chi connectivity index (χ3n) is 4.39. The number of rotatable bonds is 2. The molecule has 0 radical (unpaired) electrons. The first-order valence-corrected chi connectivity index (χ1v) is 7.35. The molecule has 0 spiro atoms. The Kier molecular flexibility index (Phi) is 3.45. The fourth-order valence-electron chi connectivity index (χ4n) is 3.38. The SMILES string of the molecule is CCC(=O)Nc1cccc2c1C1CCCCC1CO2. The monoisotopic (exact) mass is 259 g/mol. The lowest BCUT2D eigenvalue weighted by Crippen LogP contribution is -2.29. The molecule has 1 N–H and O–H groups in total. The van der Waals surface area contributed by atoms with Crippen molar-refractivity contribution in [1.82, 2.24) is 0 Å². The van der Waals surface area contributed by atoms with Gasteiger partial charge in [0.05, 0.1) is 6.61 Å². The average Bonchev–Trinajstić information content (AvgIpc) is 2.47. The molecule has 2 unspecified atom stereocenters. The normalized spacial score (nSPS) is 24.9. The van der Waals surface area contributed by atoms with Crippen LogP contribution in [0.2, 0.25) is 0 Å². The first-order valence-electron chi connectivity index (χ1n) is 7.35. The Morgan fingerprint density at radius 1 is 1.37 bits per heavy atom. The van der Waals surface area contributed by atoms with Crippen molar-refractivity contribution in [2.24, 2.45) is 5.92 Å². The maximum Gasteiger partial charge on any atom is 0.224 e. The van der Waals surface area contributed by atoms with Crippen LogP contribution in [0, 0.1) is 5.92 Å². The van der Waals surface area contributed by atoms with Crippen LogP contribution in [-0.2, 0) is 4.79 Å². The third kappa shape index (κ3) is 2.34. The van der Waals surface area contributed by atoms with Gasteiger partial charge in [0, 0.05) is 23.6 Å². The Labute approximate surface area is 114 Å². The van der Waals surface area contributed by atoms with Crippen molar-refractivity contribution < 1.29 is 9.53 Å². The van der Waals surface area contributed by atoms with E-state index < -0.39 is 0 Å². The zero-order valence-electron chi connectivity index (χ0n) is 11.4. The summed E-state index contributed by atoms with van der Waals surface area (Å²) < 4.78 is 5.90. The second kappa shape index (κ2) is 5.24. The van der Waals surface area contributed by atoms with E-state index in [-0.39, 0.29) is 5.91 Å². The van der Waals surface area contributed by atoms with E-state index in [9.17, 15) is 4.79 Å². The lowest BCUT2D eigenvalue weighted by atomic mass is 9.74. The molecule has 1 amide bonds. The van der Waals surface area contributed by atoms with Crippen molar-refractivity contribution in [3.05, 3.63) is 23.8 Å². The van der Waals surface area contributed by atoms with Crippen LogP contribution in [0.15, 0.2) is 18.2 Å². The van der Waals surface area contributed by atoms with E-state index in [4.69, 9.17) is 4.74 Å². The number of fused-ring (bicyclic) bond motifs is 3. The Morgan fingerprint density at radius 3 is 3.05 bits per heavy atom. The number of hydrogen-bond donors (Lipinski definition) is 1. The van der Waals surface area contributed by atoms with E-state index >= 15 is 0 Å². The molecular weight excluding hydrogens is 238 g/mol. The van der Waals surface area contributed by atoms with Crippen molar-refractivity contribution >= 4 is 11.6 Å². The van der Waals surface area contributed by atoms with Gasteiger partial charge in [-0.15, -0.1) is 0 Å². The maximum absolute atomic E-state index is 11.7. The van der Waals surface area contributed by atoms with Crippen LogP contribution in [0.3, 0.4) is 0 Å². The minimum absolute atomic E-state index is 0.0753. The Morgan fingerprint density at radius 2 is 2.21 bits per heavy atom. The molecule has 0 saturated heterocycles. The van der Waals surface area contributed by atoms with E-state index in [0.29, 0.717) is 18.3 Å². The quantitative estimate of drug-likeness (QED) is 0.879. The summed E-state index contributed by atoms with van der Waals surface area (Å²) in [6.07, 6.45) is 5.58. The zero-order valence-corrected chi connectivity index (χ0v) is 11.4. The molecule has 1 heterocycles. The topological polar surface area (TPSA) is 38.3 Å². The highest BCUT2D eigenvalue weighted by Crippen LogP contribution is 2.47. The molecule has 1 fully saturated rings. The highest BCUT2D eigenvalue weighted by molar-refractivity contribution is 5.91. The van der Waals surface area contributed by atoms with Crippen molar-refractivity contribution in [2.75, 3.05) is 11.9 Å². The van der Waals surface area contributed by atoms with Gasteiger partial charge in [-0.3, -0.25) is 4.79 Å². The van der Waals surface area contributed by atoms with Gasteiger partial charge < -0.3 is 10.1 Å². The molecule has 102 valence electrons. The summed E-state index contributed by atoms with van der Waals surface area (Å²) >= 11 is 0. The van der Waals surface area contributed by atoms with Crippen LogP contribution in [0.5, 0.6) is 5.75 Å². The number of ether oxygens (including phenoxy) is 1. The van der Waals surface area contributed by atoms with E-state index in [1.54, 1.807) is 0 Å². The first kappa shape index (κ1) is 12.5. The molecule has 2 aliphatic rings. The highest BCUT2D eigenvalue weighted by Gasteiger charge is 2.34.